The van der Waals surface area contributed by atoms with E-state index in [1.165, 1.54) is 5.56 Å². The van der Waals surface area contributed by atoms with E-state index in [0.29, 0.717) is 19.8 Å². The lowest BCUT2D eigenvalue weighted by Gasteiger charge is -2.02. The van der Waals surface area contributed by atoms with Crippen molar-refractivity contribution in [3.05, 3.63) is 48.0 Å². The van der Waals surface area contributed by atoms with Crippen molar-refractivity contribution in [2.45, 2.75) is 19.1 Å². The van der Waals surface area contributed by atoms with E-state index in [-0.39, 0.29) is 12.1 Å². The molecule has 0 spiro atoms. The molecule has 1 amide bonds. The predicted octanol–water partition coefficient (Wildman–Crippen LogP) is 2.26. The van der Waals surface area contributed by atoms with Crippen LogP contribution in [-0.2, 0) is 16.1 Å². The Bertz CT molecular complexity index is 403. The normalized spacial score (nSPS) is 18.9. The fourth-order valence-corrected chi connectivity index (χ4v) is 1.68. The third-order valence-electron chi connectivity index (χ3n) is 2.61. The average Bonchev–Trinajstić information content (AvgIpc) is 2.81. The average molecular weight is 247 g/mol. The number of carbonyl (C=O) groups excluding carboxylic acids is 1. The molecule has 1 atom stereocenters. The molecule has 4 nitrogen and oxygen atoms in total. The van der Waals surface area contributed by atoms with Crippen LogP contribution < -0.4 is 5.32 Å². The van der Waals surface area contributed by atoms with Crippen molar-refractivity contribution >= 4 is 6.09 Å². The van der Waals surface area contributed by atoms with E-state index in [1.807, 2.05) is 42.5 Å². The van der Waals surface area contributed by atoms with Crippen molar-refractivity contribution in [2.75, 3.05) is 13.2 Å². The summed E-state index contributed by atoms with van der Waals surface area (Å²) in [6, 6.07) is 10.1. The first-order valence-corrected chi connectivity index (χ1v) is 6.06. The Labute approximate surface area is 107 Å². The molecule has 1 aliphatic rings. The maximum absolute atomic E-state index is 10.8. The van der Waals surface area contributed by atoms with Crippen LogP contribution in [0, 0.1) is 0 Å². The van der Waals surface area contributed by atoms with Crippen LogP contribution in [0.2, 0.25) is 0 Å². The molecular weight excluding hydrogens is 230 g/mol. The fourth-order valence-electron chi connectivity index (χ4n) is 1.68. The largest absolute Gasteiger partial charge is 0.447 e. The Morgan fingerprint density at radius 2 is 2.22 bits per heavy atom. The van der Waals surface area contributed by atoms with Gasteiger partial charge in [0.2, 0.25) is 0 Å². The molecule has 1 N–H and O–H groups in total. The standard InChI is InChI=1S/C14H17NO3/c16-14-15-13(11-18-14)8-4-5-9-17-10-12-6-2-1-3-7-12/h1-4,6-8,13H,5,9-11H2,(H,15,16)/b8-4-/t13-/m1/s1. The van der Waals surface area contributed by atoms with E-state index in [0.717, 1.165) is 6.42 Å². The highest BCUT2D eigenvalue weighted by Crippen LogP contribution is 2.02. The molecule has 1 aromatic carbocycles. The van der Waals surface area contributed by atoms with Gasteiger partial charge in [-0.2, -0.15) is 0 Å². The second kappa shape index (κ2) is 6.81. The first-order chi connectivity index (χ1) is 8.84. The molecule has 0 bridgehead atoms. The first kappa shape index (κ1) is 12.6. The zero-order valence-corrected chi connectivity index (χ0v) is 10.2. The summed E-state index contributed by atoms with van der Waals surface area (Å²) in [4.78, 5) is 10.8. The Morgan fingerprint density at radius 1 is 1.39 bits per heavy atom. The quantitative estimate of drug-likeness (QED) is 0.619. The van der Waals surface area contributed by atoms with Gasteiger partial charge in [-0.1, -0.05) is 42.5 Å². The fraction of sp³-hybridized carbons (Fsp3) is 0.357. The van der Waals surface area contributed by atoms with E-state index in [9.17, 15) is 4.79 Å². The molecule has 1 heterocycles. The first-order valence-electron chi connectivity index (χ1n) is 6.06. The molecule has 0 aromatic heterocycles. The summed E-state index contributed by atoms with van der Waals surface area (Å²) in [5.41, 5.74) is 1.18. The van der Waals surface area contributed by atoms with Crippen LogP contribution >= 0.6 is 0 Å². The minimum absolute atomic E-state index is 0.00613. The van der Waals surface area contributed by atoms with Crippen molar-refractivity contribution in [2.24, 2.45) is 0 Å². The van der Waals surface area contributed by atoms with Crippen LogP contribution in [0.4, 0.5) is 4.79 Å². The van der Waals surface area contributed by atoms with Gasteiger partial charge >= 0.3 is 6.09 Å². The number of hydrogen-bond acceptors (Lipinski definition) is 3. The van der Waals surface area contributed by atoms with Crippen molar-refractivity contribution in [3.63, 3.8) is 0 Å². The highest BCUT2D eigenvalue weighted by atomic mass is 16.6. The molecule has 4 heteroatoms. The number of hydrogen-bond donors (Lipinski definition) is 1. The lowest BCUT2D eigenvalue weighted by molar-refractivity contribution is 0.125. The van der Waals surface area contributed by atoms with E-state index in [4.69, 9.17) is 9.47 Å². The highest BCUT2D eigenvalue weighted by Gasteiger charge is 2.18. The van der Waals surface area contributed by atoms with Gasteiger partial charge in [0.25, 0.3) is 0 Å². The molecule has 1 aliphatic heterocycles. The van der Waals surface area contributed by atoms with Crippen molar-refractivity contribution in [1.82, 2.24) is 5.32 Å². The predicted molar refractivity (Wildman–Crippen MR) is 68.1 cm³/mol. The molecule has 0 saturated carbocycles. The second-order valence-electron chi connectivity index (χ2n) is 4.10. The van der Waals surface area contributed by atoms with Gasteiger partial charge in [-0.05, 0) is 12.0 Å². The van der Waals surface area contributed by atoms with Crippen LogP contribution in [0.15, 0.2) is 42.5 Å². The van der Waals surface area contributed by atoms with E-state index in [2.05, 4.69) is 5.32 Å². The van der Waals surface area contributed by atoms with Crippen LogP contribution in [0.25, 0.3) is 0 Å². The zero-order chi connectivity index (χ0) is 12.6. The molecule has 0 radical (unpaired) electrons. The number of nitrogens with one attached hydrogen (secondary N) is 1. The lowest BCUT2D eigenvalue weighted by Crippen LogP contribution is -2.23. The molecule has 1 saturated heterocycles. The Balaban J connectivity index is 1.56. The lowest BCUT2D eigenvalue weighted by atomic mass is 10.2. The van der Waals surface area contributed by atoms with Crippen LogP contribution in [-0.4, -0.2) is 25.3 Å². The van der Waals surface area contributed by atoms with Gasteiger partial charge in [0.05, 0.1) is 19.3 Å². The number of benzene rings is 1. The Hall–Kier alpha value is -1.81. The summed E-state index contributed by atoms with van der Waals surface area (Å²) in [6.07, 6.45) is 4.44. The number of ether oxygens (including phenoxy) is 2. The number of amides is 1. The van der Waals surface area contributed by atoms with E-state index in [1.54, 1.807) is 0 Å². The van der Waals surface area contributed by atoms with Gasteiger partial charge in [-0.3, -0.25) is 0 Å². The zero-order valence-electron chi connectivity index (χ0n) is 10.2. The topological polar surface area (TPSA) is 47.6 Å². The van der Waals surface area contributed by atoms with Crippen LogP contribution in [0.3, 0.4) is 0 Å². The van der Waals surface area contributed by atoms with Gasteiger partial charge in [-0.25, -0.2) is 4.79 Å². The molecule has 0 unspecified atom stereocenters. The summed E-state index contributed by atoms with van der Waals surface area (Å²) in [7, 11) is 0. The monoisotopic (exact) mass is 247 g/mol. The number of alkyl carbamates (subject to hydrolysis) is 1. The molecule has 18 heavy (non-hydrogen) atoms. The van der Waals surface area contributed by atoms with E-state index >= 15 is 0 Å². The Morgan fingerprint density at radius 3 is 2.94 bits per heavy atom. The minimum Gasteiger partial charge on any atom is -0.447 e. The van der Waals surface area contributed by atoms with Crippen molar-refractivity contribution in [3.8, 4) is 0 Å². The van der Waals surface area contributed by atoms with Gasteiger partial charge < -0.3 is 14.8 Å². The van der Waals surface area contributed by atoms with Gasteiger partial charge in [0.15, 0.2) is 0 Å². The third-order valence-corrected chi connectivity index (χ3v) is 2.61. The molecular formula is C14H17NO3. The van der Waals surface area contributed by atoms with Gasteiger partial charge in [0.1, 0.15) is 6.61 Å². The molecule has 0 aliphatic carbocycles. The number of carbonyl (C=O) groups is 1. The summed E-state index contributed by atoms with van der Waals surface area (Å²) < 4.78 is 10.3. The SMILES string of the molecule is O=C1N[C@H](/C=C\CCOCc2ccccc2)CO1. The molecule has 1 fully saturated rings. The summed E-state index contributed by atoms with van der Waals surface area (Å²) in [5, 5.41) is 2.68. The highest BCUT2D eigenvalue weighted by molar-refractivity contribution is 5.70. The number of rotatable bonds is 6. The summed E-state index contributed by atoms with van der Waals surface area (Å²) >= 11 is 0. The smallest absolute Gasteiger partial charge is 0.407 e. The third kappa shape index (κ3) is 4.22. The van der Waals surface area contributed by atoms with Gasteiger partial charge in [-0.15, -0.1) is 0 Å². The minimum atomic E-state index is -0.343. The number of cyclic esters (lactones) is 1. The molecule has 96 valence electrons. The van der Waals surface area contributed by atoms with E-state index < -0.39 is 0 Å². The summed E-state index contributed by atoms with van der Waals surface area (Å²) in [5.74, 6) is 0. The van der Waals surface area contributed by atoms with Crippen LogP contribution in [0.5, 0.6) is 0 Å². The summed E-state index contributed by atoms with van der Waals surface area (Å²) in [6.45, 7) is 1.73. The van der Waals surface area contributed by atoms with Crippen LogP contribution in [0.1, 0.15) is 12.0 Å². The van der Waals surface area contributed by atoms with Crippen molar-refractivity contribution < 1.29 is 14.3 Å². The Kier molecular flexibility index (Phi) is 4.78. The molecule has 1 aromatic rings. The van der Waals surface area contributed by atoms with Crippen molar-refractivity contribution in [1.29, 1.82) is 0 Å². The molecule has 2 rings (SSSR count). The maximum Gasteiger partial charge on any atom is 0.407 e. The second-order valence-corrected chi connectivity index (χ2v) is 4.10. The van der Waals surface area contributed by atoms with Gasteiger partial charge in [0, 0.05) is 0 Å². The maximum atomic E-state index is 10.8.